The normalized spacial score (nSPS) is 14.7. The zero-order valence-corrected chi connectivity index (χ0v) is 18.2. The van der Waals surface area contributed by atoms with E-state index in [-0.39, 0.29) is 24.0 Å². The number of ether oxygens (including phenoxy) is 2. The Morgan fingerprint density at radius 2 is 2.10 bits per heavy atom. The fourth-order valence-electron chi connectivity index (χ4n) is 3.83. The Hall–Kier alpha value is -2.52. The number of carbonyl (C=O) groups excluding carboxylic acids is 1. The van der Waals surface area contributed by atoms with Gasteiger partial charge in [0, 0.05) is 18.5 Å². The second-order valence-electron chi connectivity index (χ2n) is 7.40. The lowest BCUT2D eigenvalue weighted by molar-refractivity contribution is -0.118. The molecule has 0 bridgehead atoms. The molecule has 3 heterocycles. The van der Waals surface area contributed by atoms with Gasteiger partial charge in [0.15, 0.2) is 16.7 Å². The van der Waals surface area contributed by atoms with Gasteiger partial charge in [0.1, 0.15) is 4.83 Å². The van der Waals surface area contributed by atoms with Crippen molar-refractivity contribution in [2.24, 2.45) is 7.05 Å². The molecule has 0 saturated carbocycles. The second-order valence-corrected chi connectivity index (χ2v) is 9.43. The largest absolute Gasteiger partial charge is 0.454 e. The third-order valence-corrected chi connectivity index (χ3v) is 7.63. The number of hydrogen-bond donors (Lipinski definition) is 1. The number of rotatable bonds is 5. The van der Waals surface area contributed by atoms with E-state index in [9.17, 15) is 9.59 Å². The summed E-state index contributed by atoms with van der Waals surface area (Å²) in [6.07, 6.45) is 4.29. The summed E-state index contributed by atoms with van der Waals surface area (Å²) < 4.78 is 12.2. The van der Waals surface area contributed by atoms with E-state index < -0.39 is 0 Å². The Morgan fingerprint density at radius 1 is 1.27 bits per heavy atom. The summed E-state index contributed by atoms with van der Waals surface area (Å²) >= 11 is 2.91. The number of aryl methyl sites for hydroxylation is 2. The minimum absolute atomic E-state index is 0.0114. The molecular weight excluding hydrogens is 422 g/mol. The zero-order valence-electron chi connectivity index (χ0n) is 16.5. The van der Waals surface area contributed by atoms with Gasteiger partial charge in [0.05, 0.1) is 11.1 Å². The fourth-order valence-corrected chi connectivity index (χ4v) is 5.93. The first-order valence-electron chi connectivity index (χ1n) is 9.89. The van der Waals surface area contributed by atoms with Crippen molar-refractivity contribution in [2.45, 2.75) is 37.4 Å². The predicted octanol–water partition coefficient (Wildman–Crippen LogP) is 3.01. The Labute approximate surface area is 181 Å². The van der Waals surface area contributed by atoms with Crippen molar-refractivity contribution in [2.75, 3.05) is 12.5 Å². The molecule has 1 aliphatic heterocycles. The van der Waals surface area contributed by atoms with Crippen molar-refractivity contribution < 1.29 is 14.3 Å². The average molecular weight is 444 g/mol. The first kappa shape index (κ1) is 19.4. The molecular formula is C21H21N3O4S2. The van der Waals surface area contributed by atoms with Crippen LogP contribution in [0.25, 0.3) is 10.2 Å². The van der Waals surface area contributed by atoms with Crippen molar-refractivity contribution in [3.8, 4) is 11.5 Å². The van der Waals surface area contributed by atoms with Crippen LogP contribution in [-0.4, -0.2) is 28.0 Å². The highest BCUT2D eigenvalue weighted by molar-refractivity contribution is 7.99. The van der Waals surface area contributed by atoms with Crippen molar-refractivity contribution in [3.05, 3.63) is 44.6 Å². The van der Waals surface area contributed by atoms with Crippen LogP contribution in [0.5, 0.6) is 11.5 Å². The molecule has 7 nitrogen and oxygen atoms in total. The summed E-state index contributed by atoms with van der Waals surface area (Å²) in [5, 5.41) is 4.25. The van der Waals surface area contributed by atoms with Gasteiger partial charge >= 0.3 is 0 Å². The topological polar surface area (TPSA) is 82.5 Å². The molecule has 30 heavy (non-hydrogen) atoms. The fraction of sp³-hybridized carbons (Fsp3) is 0.381. The van der Waals surface area contributed by atoms with E-state index in [0.717, 1.165) is 40.8 Å². The summed E-state index contributed by atoms with van der Waals surface area (Å²) in [5.41, 5.74) is 2.11. The van der Waals surface area contributed by atoms with Crippen LogP contribution in [0, 0.1) is 0 Å². The molecule has 0 spiro atoms. The molecule has 0 radical (unpaired) electrons. The van der Waals surface area contributed by atoms with E-state index in [1.165, 1.54) is 28.6 Å². The standard InChI is InChI=1S/C21H21N3O4S2/c1-24-20(26)18-13-4-2-3-5-16(13)30-19(18)23-21(24)29-10-17(25)22-9-12-6-7-14-15(8-12)28-11-27-14/h6-8H,2-5,9-11H2,1H3,(H,22,25). The number of thiophene rings is 1. The lowest BCUT2D eigenvalue weighted by Gasteiger charge is -2.11. The Balaban J connectivity index is 1.26. The van der Waals surface area contributed by atoms with Gasteiger partial charge in [-0.15, -0.1) is 11.3 Å². The second kappa shape index (κ2) is 7.96. The van der Waals surface area contributed by atoms with E-state index in [2.05, 4.69) is 5.32 Å². The maximum Gasteiger partial charge on any atom is 0.262 e. The van der Waals surface area contributed by atoms with Gasteiger partial charge < -0.3 is 14.8 Å². The molecule has 0 saturated heterocycles. The van der Waals surface area contributed by atoms with Gasteiger partial charge in [-0.3, -0.25) is 14.2 Å². The van der Waals surface area contributed by atoms with Crippen LogP contribution in [0.1, 0.15) is 28.8 Å². The molecule has 0 fully saturated rings. The summed E-state index contributed by atoms with van der Waals surface area (Å²) in [6, 6.07) is 5.61. The van der Waals surface area contributed by atoms with E-state index in [1.807, 2.05) is 18.2 Å². The SMILES string of the molecule is Cn1c(SCC(=O)NCc2ccc3c(c2)OCO3)nc2sc3c(c2c1=O)CCCC3. The number of thioether (sulfide) groups is 1. The summed E-state index contributed by atoms with van der Waals surface area (Å²) in [5.74, 6) is 1.50. The third-order valence-electron chi connectivity index (χ3n) is 5.41. The van der Waals surface area contributed by atoms with Crippen molar-refractivity contribution in [3.63, 3.8) is 0 Å². The van der Waals surface area contributed by atoms with Crippen molar-refractivity contribution >= 4 is 39.2 Å². The number of nitrogens with one attached hydrogen (secondary N) is 1. The number of amides is 1. The minimum atomic E-state index is -0.113. The van der Waals surface area contributed by atoms with Gasteiger partial charge in [0.2, 0.25) is 12.7 Å². The summed E-state index contributed by atoms with van der Waals surface area (Å²) in [7, 11) is 1.73. The molecule has 2 aliphatic rings. The third kappa shape index (κ3) is 3.56. The highest BCUT2D eigenvalue weighted by Gasteiger charge is 2.21. The van der Waals surface area contributed by atoms with Crippen LogP contribution in [0.2, 0.25) is 0 Å². The first-order chi connectivity index (χ1) is 14.6. The number of benzene rings is 1. The lowest BCUT2D eigenvalue weighted by Crippen LogP contribution is -2.26. The molecule has 1 aromatic carbocycles. The molecule has 1 aliphatic carbocycles. The van der Waals surface area contributed by atoms with Gasteiger partial charge in [-0.2, -0.15) is 0 Å². The van der Waals surface area contributed by atoms with Gasteiger partial charge in [0.25, 0.3) is 5.56 Å². The molecule has 156 valence electrons. The first-order valence-corrected chi connectivity index (χ1v) is 11.7. The molecule has 5 rings (SSSR count). The monoisotopic (exact) mass is 443 g/mol. The van der Waals surface area contributed by atoms with E-state index in [1.54, 1.807) is 23.0 Å². The molecule has 2 aromatic heterocycles. The van der Waals surface area contributed by atoms with E-state index >= 15 is 0 Å². The summed E-state index contributed by atoms with van der Waals surface area (Å²) in [4.78, 5) is 32.1. The van der Waals surface area contributed by atoms with Crippen molar-refractivity contribution in [1.29, 1.82) is 0 Å². The van der Waals surface area contributed by atoms with Crippen LogP contribution in [0.15, 0.2) is 28.2 Å². The lowest BCUT2D eigenvalue weighted by atomic mass is 9.97. The quantitative estimate of drug-likeness (QED) is 0.482. The molecule has 1 amide bonds. The maximum absolute atomic E-state index is 12.9. The molecule has 0 atom stereocenters. The number of fused-ring (bicyclic) bond motifs is 4. The number of carbonyl (C=O) groups is 1. The molecule has 1 N–H and O–H groups in total. The summed E-state index contributed by atoms with van der Waals surface area (Å²) in [6.45, 7) is 0.629. The Bertz CT molecular complexity index is 1200. The van der Waals surface area contributed by atoms with Crippen LogP contribution in [0.3, 0.4) is 0 Å². The van der Waals surface area contributed by atoms with E-state index in [4.69, 9.17) is 14.5 Å². The highest BCUT2D eigenvalue weighted by Crippen LogP contribution is 2.35. The Kier molecular flexibility index (Phi) is 5.16. The van der Waals surface area contributed by atoms with Crippen LogP contribution < -0.4 is 20.3 Å². The molecule has 3 aromatic rings. The van der Waals surface area contributed by atoms with Crippen LogP contribution >= 0.6 is 23.1 Å². The van der Waals surface area contributed by atoms with E-state index in [0.29, 0.717) is 17.5 Å². The molecule has 0 unspecified atom stereocenters. The highest BCUT2D eigenvalue weighted by atomic mass is 32.2. The molecule has 9 heteroatoms. The number of aromatic nitrogens is 2. The van der Waals surface area contributed by atoms with Gasteiger partial charge in [-0.1, -0.05) is 17.8 Å². The van der Waals surface area contributed by atoms with Gasteiger partial charge in [-0.05, 0) is 48.9 Å². The maximum atomic E-state index is 12.9. The van der Waals surface area contributed by atoms with Crippen molar-refractivity contribution in [1.82, 2.24) is 14.9 Å². The zero-order chi connectivity index (χ0) is 20.7. The Morgan fingerprint density at radius 3 is 3.00 bits per heavy atom. The van der Waals surface area contributed by atoms with Crippen LogP contribution in [-0.2, 0) is 31.2 Å². The predicted molar refractivity (Wildman–Crippen MR) is 117 cm³/mol. The smallest absolute Gasteiger partial charge is 0.262 e. The van der Waals surface area contributed by atoms with Gasteiger partial charge in [-0.25, -0.2) is 4.98 Å². The van der Waals surface area contributed by atoms with Crippen LogP contribution in [0.4, 0.5) is 0 Å². The minimum Gasteiger partial charge on any atom is -0.454 e. The number of hydrogen-bond acceptors (Lipinski definition) is 7. The number of nitrogens with zero attached hydrogens (tertiary/aromatic N) is 2. The average Bonchev–Trinajstić information content (AvgIpc) is 3.37.